The molecule has 1 heterocycles. The van der Waals surface area contributed by atoms with E-state index in [0.29, 0.717) is 11.1 Å². The van der Waals surface area contributed by atoms with Crippen molar-refractivity contribution >= 4 is 17.6 Å². The molecule has 2 N–H and O–H groups in total. The van der Waals surface area contributed by atoms with Crippen molar-refractivity contribution in [1.29, 1.82) is 0 Å². The summed E-state index contributed by atoms with van der Waals surface area (Å²) in [6.07, 6.45) is 5.23. The smallest absolute Gasteiger partial charge is 0.189 e. The largest absolute Gasteiger partial charge is 0.384 e. The van der Waals surface area contributed by atoms with Gasteiger partial charge in [0.05, 0.1) is 0 Å². The topological polar surface area (TPSA) is 51.8 Å². The normalized spacial score (nSPS) is 25.6. The summed E-state index contributed by atoms with van der Waals surface area (Å²) in [6, 6.07) is 1.81. The lowest BCUT2D eigenvalue weighted by atomic mass is 9.91. The van der Waals surface area contributed by atoms with E-state index in [9.17, 15) is 0 Å². The molecular formula is C12H19N3S. The van der Waals surface area contributed by atoms with Crippen molar-refractivity contribution in [3.8, 4) is 0 Å². The van der Waals surface area contributed by atoms with E-state index in [1.165, 1.54) is 25.7 Å². The van der Waals surface area contributed by atoms with Gasteiger partial charge in [-0.15, -0.1) is 0 Å². The Hall–Kier alpha value is -0.770. The molecule has 1 aromatic rings. The van der Waals surface area contributed by atoms with Crippen LogP contribution in [0.2, 0.25) is 0 Å². The van der Waals surface area contributed by atoms with E-state index in [4.69, 9.17) is 5.73 Å². The molecule has 1 aromatic heterocycles. The van der Waals surface area contributed by atoms with Gasteiger partial charge in [-0.05, 0) is 38.5 Å². The number of aryl methyl sites for hydroxylation is 1. The minimum absolute atomic E-state index is 0.583. The molecule has 88 valence electrons. The quantitative estimate of drug-likeness (QED) is 0.803. The van der Waals surface area contributed by atoms with Crippen molar-refractivity contribution in [3.05, 3.63) is 11.8 Å². The number of rotatable bonds is 2. The summed E-state index contributed by atoms with van der Waals surface area (Å²) in [4.78, 5) is 8.70. The third kappa shape index (κ3) is 3.11. The fourth-order valence-electron chi connectivity index (χ4n) is 2.11. The van der Waals surface area contributed by atoms with E-state index >= 15 is 0 Å². The van der Waals surface area contributed by atoms with Gasteiger partial charge < -0.3 is 5.73 Å². The molecule has 0 spiro atoms. The van der Waals surface area contributed by atoms with Crippen molar-refractivity contribution in [2.45, 2.75) is 49.9 Å². The first kappa shape index (κ1) is 11.7. The Morgan fingerprint density at radius 3 is 2.56 bits per heavy atom. The predicted octanol–water partition coefficient (Wildman–Crippen LogP) is 3.04. The van der Waals surface area contributed by atoms with Crippen molar-refractivity contribution in [2.75, 3.05) is 5.73 Å². The Labute approximate surface area is 101 Å². The minimum atomic E-state index is 0.583. The van der Waals surface area contributed by atoms with Crippen LogP contribution >= 0.6 is 11.8 Å². The van der Waals surface area contributed by atoms with E-state index in [1.54, 1.807) is 11.8 Å². The Morgan fingerprint density at radius 1 is 1.25 bits per heavy atom. The highest BCUT2D eigenvalue weighted by molar-refractivity contribution is 7.99. The summed E-state index contributed by atoms with van der Waals surface area (Å²) in [7, 11) is 0. The zero-order chi connectivity index (χ0) is 11.5. The standard InChI is InChI=1S/C12H19N3S/c1-8-3-5-10(6-4-8)16-12-14-9(2)7-11(13)15-12/h7-8,10H,3-6H2,1-2H3,(H2,13,14,15). The van der Waals surface area contributed by atoms with Crippen LogP contribution in [0.15, 0.2) is 11.2 Å². The van der Waals surface area contributed by atoms with E-state index in [0.717, 1.165) is 16.8 Å². The number of nitrogens with two attached hydrogens (primary N) is 1. The van der Waals surface area contributed by atoms with Crippen LogP contribution in [0.3, 0.4) is 0 Å². The Morgan fingerprint density at radius 2 is 1.94 bits per heavy atom. The molecule has 1 saturated carbocycles. The van der Waals surface area contributed by atoms with E-state index in [-0.39, 0.29) is 0 Å². The van der Waals surface area contributed by atoms with E-state index < -0.39 is 0 Å². The summed E-state index contributed by atoms with van der Waals surface area (Å²) in [5.41, 5.74) is 6.68. The monoisotopic (exact) mass is 237 g/mol. The van der Waals surface area contributed by atoms with Gasteiger partial charge in [-0.2, -0.15) is 0 Å². The predicted molar refractivity (Wildman–Crippen MR) is 68.5 cm³/mol. The first-order chi connectivity index (χ1) is 7.63. The summed E-state index contributed by atoms with van der Waals surface area (Å²) in [6.45, 7) is 4.30. The number of nitrogens with zero attached hydrogens (tertiary/aromatic N) is 2. The third-order valence-electron chi connectivity index (χ3n) is 3.09. The molecule has 0 unspecified atom stereocenters. The van der Waals surface area contributed by atoms with Crippen molar-refractivity contribution < 1.29 is 0 Å². The zero-order valence-corrected chi connectivity index (χ0v) is 10.8. The van der Waals surface area contributed by atoms with Gasteiger partial charge in [-0.25, -0.2) is 9.97 Å². The second-order valence-electron chi connectivity index (χ2n) is 4.72. The molecule has 4 heteroatoms. The van der Waals surface area contributed by atoms with Crippen LogP contribution < -0.4 is 5.73 Å². The Balaban J connectivity index is 1.98. The maximum Gasteiger partial charge on any atom is 0.189 e. The maximum atomic E-state index is 5.72. The lowest BCUT2D eigenvalue weighted by Gasteiger charge is -2.24. The lowest BCUT2D eigenvalue weighted by molar-refractivity contribution is 0.393. The fourth-order valence-corrected chi connectivity index (χ4v) is 3.27. The first-order valence-corrected chi connectivity index (χ1v) is 6.79. The molecule has 0 bridgehead atoms. The van der Waals surface area contributed by atoms with Crippen molar-refractivity contribution in [3.63, 3.8) is 0 Å². The molecule has 1 aliphatic carbocycles. The molecule has 1 aliphatic rings. The van der Waals surface area contributed by atoms with Crippen LogP contribution in [0.4, 0.5) is 5.82 Å². The summed E-state index contributed by atoms with van der Waals surface area (Å²) < 4.78 is 0. The van der Waals surface area contributed by atoms with Crippen LogP contribution in [0.25, 0.3) is 0 Å². The average Bonchev–Trinajstić information content (AvgIpc) is 2.20. The number of anilines is 1. The number of hydrogen-bond donors (Lipinski definition) is 1. The molecule has 3 nitrogen and oxygen atoms in total. The minimum Gasteiger partial charge on any atom is -0.384 e. The molecule has 16 heavy (non-hydrogen) atoms. The molecule has 0 saturated heterocycles. The highest BCUT2D eigenvalue weighted by atomic mass is 32.2. The third-order valence-corrected chi connectivity index (χ3v) is 4.29. The average molecular weight is 237 g/mol. The number of aromatic nitrogens is 2. The van der Waals surface area contributed by atoms with Gasteiger partial charge >= 0.3 is 0 Å². The molecule has 0 aromatic carbocycles. The van der Waals surface area contributed by atoms with Crippen LogP contribution in [-0.4, -0.2) is 15.2 Å². The lowest BCUT2D eigenvalue weighted by Crippen LogP contribution is -2.14. The molecule has 0 aliphatic heterocycles. The second kappa shape index (κ2) is 5.04. The van der Waals surface area contributed by atoms with Gasteiger partial charge in [0.2, 0.25) is 0 Å². The molecule has 2 rings (SSSR count). The SMILES string of the molecule is Cc1cc(N)nc(SC2CCC(C)CC2)n1. The highest BCUT2D eigenvalue weighted by Crippen LogP contribution is 2.34. The van der Waals surface area contributed by atoms with Crippen LogP contribution in [0.5, 0.6) is 0 Å². The molecule has 0 atom stereocenters. The summed E-state index contributed by atoms with van der Waals surface area (Å²) >= 11 is 1.79. The van der Waals surface area contributed by atoms with Crippen molar-refractivity contribution in [2.24, 2.45) is 5.92 Å². The van der Waals surface area contributed by atoms with Gasteiger partial charge in [0.1, 0.15) is 5.82 Å². The Kier molecular flexibility index (Phi) is 3.69. The number of thioether (sulfide) groups is 1. The van der Waals surface area contributed by atoms with Gasteiger partial charge in [0, 0.05) is 17.0 Å². The highest BCUT2D eigenvalue weighted by Gasteiger charge is 2.20. The van der Waals surface area contributed by atoms with Crippen LogP contribution in [0, 0.1) is 12.8 Å². The van der Waals surface area contributed by atoms with Gasteiger partial charge in [-0.1, -0.05) is 18.7 Å². The van der Waals surface area contributed by atoms with E-state index in [1.807, 2.05) is 13.0 Å². The number of hydrogen-bond acceptors (Lipinski definition) is 4. The van der Waals surface area contributed by atoms with Crippen molar-refractivity contribution in [1.82, 2.24) is 9.97 Å². The molecule has 0 amide bonds. The summed E-state index contributed by atoms with van der Waals surface area (Å²) in [5, 5.41) is 1.52. The second-order valence-corrected chi connectivity index (χ2v) is 5.98. The van der Waals surface area contributed by atoms with Crippen LogP contribution in [0.1, 0.15) is 38.3 Å². The summed E-state index contributed by atoms with van der Waals surface area (Å²) in [5.74, 6) is 1.47. The molecule has 1 fully saturated rings. The number of nitrogen functional groups attached to an aromatic ring is 1. The maximum absolute atomic E-state index is 5.72. The zero-order valence-electron chi connectivity index (χ0n) is 9.94. The fraction of sp³-hybridized carbons (Fsp3) is 0.667. The molecular weight excluding hydrogens is 218 g/mol. The van der Waals surface area contributed by atoms with E-state index in [2.05, 4.69) is 16.9 Å². The first-order valence-electron chi connectivity index (χ1n) is 5.91. The van der Waals surface area contributed by atoms with Gasteiger partial charge in [0.25, 0.3) is 0 Å². The van der Waals surface area contributed by atoms with Crippen LogP contribution in [-0.2, 0) is 0 Å². The van der Waals surface area contributed by atoms with Gasteiger partial charge in [0.15, 0.2) is 5.16 Å². The van der Waals surface area contributed by atoms with Gasteiger partial charge in [-0.3, -0.25) is 0 Å². The Bertz CT molecular complexity index is 339. The molecule has 0 radical (unpaired) electrons.